The number of carbonyl (C=O) groups excluding carboxylic acids is 1. The molecular formula is C21H21ClFN3O3. The Hall–Kier alpha value is -3.06. The Morgan fingerprint density at radius 3 is 2.72 bits per heavy atom. The van der Waals surface area contributed by atoms with E-state index in [1.54, 1.807) is 29.1 Å². The number of rotatable bonds is 7. The highest BCUT2D eigenvalue weighted by atomic mass is 35.5. The van der Waals surface area contributed by atoms with E-state index in [2.05, 4.69) is 10.3 Å². The van der Waals surface area contributed by atoms with Gasteiger partial charge in [0.05, 0.1) is 30.8 Å². The smallest absolute Gasteiger partial charge is 0.255 e. The average Bonchev–Trinajstić information content (AvgIpc) is 3.20. The summed E-state index contributed by atoms with van der Waals surface area (Å²) in [5.41, 5.74) is 0.909. The van der Waals surface area contributed by atoms with Gasteiger partial charge in [0.2, 0.25) is 0 Å². The Balaban J connectivity index is 1.80. The number of hydrogen-bond donors (Lipinski definition) is 1. The Morgan fingerprint density at radius 1 is 1.31 bits per heavy atom. The Kier molecular flexibility index (Phi) is 6.39. The zero-order valence-electron chi connectivity index (χ0n) is 16.3. The molecule has 29 heavy (non-hydrogen) atoms. The first-order valence-corrected chi connectivity index (χ1v) is 9.36. The van der Waals surface area contributed by atoms with Crippen molar-refractivity contribution >= 4 is 23.2 Å². The van der Waals surface area contributed by atoms with Crippen LogP contribution in [0.5, 0.6) is 11.5 Å². The monoisotopic (exact) mass is 417 g/mol. The quantitative estimate of drug-likeness (QED) is 0.590. The number of methoxy groups -OCH3 is 1. The molecular weight excluding hydrogens is 397 g/mol. The van der Waals surface area contributed by atoms with Crippen LogP contribution >= 0.6 is 11.6 Å². The lowest BCUT2D eigenvalue weighted by Crippen LogP contribution is -2.13. The fraction of sp³-hybridized carbons (Fsp3) is 0.238. The van der Waals surface area contributed by atoms with Crippen LogP contribution < -0.4 is 14.8 Å². The molecule has 6 nitrogen and oxygen atoms in total. The first-order valence-electron chi connectivity index (χ1n) is 8.98. The molecule has 3 aromatic rings. The van der Waals surface area contributed by atoms with E-state index in [9.17, 15) is 9.18 Å². The molecule has 0 aliphatic carbocycles. The van der Waals surface area contributed by atoms with Gasteiger partial charge in [-0.3, -0.25) is 4.79 Å². The lowest BCUT2D eigenvalue weighted by atomic mass is 10.1. The van der Waals surface area contributed by atoms with Gasteiger partial charge in [-0.15, -0.1) is 0 Å². The van der Waals surface area contributed by atoms with E-state index < -0.39 is 11.7 Å². The van der Waals surface area contributed by atoms with Crippen LogP contribution in [0, 0.1) is 11.7 Å². The lowest BCUT2D eigenvalue weighted by Gasteiger charge is -2.15. The van der Waals surface area contributed by atoms with Gasteiger partial charge < -0.3 is 19.4 Å². The minimum absolute atomic E-state index is 0.261. The van der Waals surface area contributed by atoms with E-state index >= 15 is 0 Å². The van der Waals surface area contributed by atoms with E-state index in [1.807, 2.05) is 13.8 Å². The standard InChI is InChI=1S/C21H21ClFN3O3/c1-13(2)11-29-20-16(22)8-14(9-19(20)28-3)21(27)25-15-4-5-18(17(23)10-15)26-7-6-24-12-26/h4-10,12-13H,11H2,1-3H3,(H,25,27). The maximum Gasteiger partial charge on any atom is 0.255 e. The third-order valence-electron chi connectivity index (χ3n) is 4.04. The molecule has 152 valence electrons. The second-order valence-corrected chi connectivity index (χ2v) is 7.19. The highest BCUT2D eigenvalue weighted by Crippen LogP contribution is 2.37. The van der Waals surface area contributed by atoms with Crippen molar-refractivity contribution in [2.75, 3.05) is 19.0 Å². The predicted molar refractivity (Wildman–Crippen MR) is 110 cm³/mol. The molecule has 0 spiro atoms. The van der Waals surface area contributed by atoms with Gasteiger partial charge in [0.15, 0.2) is 11.5 Å². The van der Waals surface area contributed by atoms with E-state index in [1.165, 1.54) is 31.6 Å². The van der Waals surface area contributed by atoms with Crippen LogP contribution in [0.4, 0.5) is 10.1 Å². The normalized spacial score (nSPS) is 10.8. The van der Waals surface area contributed by atoms with Gasteiger partial charge in [0.25, 0.3) is 5.91 Å². The van der Waals surface area contributed by atoms with Crippen LogP contribution in [0.2, 0.25) is 5.02 Å². The molecule has 0 atom stereocenters. The molecule has 1 amide bonds. The third-order valence-corrected chi connectivity index (χ3v) is 4.32. The maximum atomic E-state index is 14.4. The topological polar surface area (TPSA) is 65.4 Å². The molecule has 0 aliphatic rings. The lowest BCUT2D eigenvalue weighted by molar-refractivity contribution is 0.102. The second kappa shape index (κ2) is 8.96. The van der Waals surface area contributed by atoms with Crippen LogP contribution in [0.3, 0.4) is 0 Å². The number of anilines is 1. The predicted octanol–water partition coefficient (Wildman–Crippen LogP) is 4.96. The number of ether oxygens (including phenoxy) is 2. The fourth-order valence-corrected chi connectivity index (χ4v) is 2.91. The highest BCUT2D eigenvalue weighted by molar-refractivity contribution is 6.32. The maximum absolute atomic E-state index is 14.4. The summed E-state index contributed by atoms with van der Waals surface area (Å²) in [4.78, 5) is 16.5. The zero-order chi connectivity index (χ0) is 21.0. The van der Waals surface area contributed by atoms with E-state index in [0.29, 0.717) is 35.4 Å². The van der Waals surface area contributed by atoms with Gasteiger partial charge >= 0.3 is 0 Å². The molecule has 0 unspecified atom stereocenters. The molecule has 0 aliphatic heterocycles. The molecule has 3 rings (SSSR count). The Labute approximate surface area is 173 Å². The van der Waals surface area contributed by atoms with Gasteiger partial charge in [0, 0.05) is 23.6 Å². The van der Waals surface area contributed by atoms with Gasteiger partial charge in [-0.25, -0.2) is 9.37 Å². The summed E-state index contributed by atoms with van der Waals surface area (Å²) in [5, 5.41) is 2.92. The van der Waals surface area contributed by atoms with E-state index in [4.69, 9.17) is 21.1 Å². The number of hydrogen-bond acceptors (Lipinski definition) is 4. The second-order valence-electron chi connectivity index (χ2n) is 6.78. The van der Waals surface area contributed by atoms with Crippen molar-refractivity contribution in [3.8, 4) is 17.2 Å². The van der Waals surface area contributed by atoms with Crippen molar-refractivity contribution in [1.82, 2.24) is 9.55 Å². The zero-order valence-corrected chi connectivity index (χ0v) is 17.0. The molecule has 0 saturated carbocycles. The fourth-order valence-electron chi connectivity index (χ4n) is 2.64. The van der Waals surface area contributed by atoms with Crippen molar-refractivity contribution in [1.29, 1.82) is 0 Å². The van der Waals surface area contributed by atoms with Crippen molar-refractivity contribution in [2.45, 2.75) is 13.8 Å². The van der Waals surface area contributed by atoms with Gasteiger partial charge in [-0.05, 0) is 36.2 Å². The number of benzene rings is 2. The summed E-state index contributed by atoms with van der Waals surface area (Å²) in [7, 11) is 1.47. The van der Waals surface area contributed by atoms with Crippen molar-refractivity contribution in [2.24, 2.45) is 5.92 Å². The summed E-state index contributed by atoms with van der Waals surface area (Å²) in [6.07, 6.45) is 4.68. The summed E-state index contributed by atoms with van der Waals surface area (Å²) in [6.45, 7) is 4.49. The number of nitrogens with zero attached hydrogens (tertiary/aromatic N) is 2. The van der Waals surface area contributed by atoms with Crippen molar-refractivity contribution in [3.05, 3.63) is 65.5 Å². The average molecular weight is 418 g/mol. The van der Waals surface area contributed by atoms with Crippen LogP contribution in [-0.4, -0.2) is 29.2 Å². The number of imidazole rings is 1. The van der Waals surface area contributed by atoms with Crippen molar-refractivity contribution in [3.63, 3.8) is 0 Å². The first kappa shape index (κ1) is 20.7. The van der Waals surface area contributed by atoms with E-state index in [0.717, 1.165) is 0 Å². The van der Waals surface area contributed by atoms with Crippen molar-refractivity contribution < 1.29 is 18.7 Å². The number of carbonyl (C=O) groups is 1. The SMILES string of the molecule is COc1cc(C(=O)Nc2ccc(-n3ccnc3)c(F)c2)cc(Cl)c1OCC(C)C. The molecule has 1 heterocycles. The van der Waals surface area contributed by atoms with E-state index in [-0.39, 0.29) is 10.6 Å². The number of halogens is 2. The Bertz CT molecular complexity index is 1010. The first-order chi connectivity index (χ1) is 13.9. The molecule has 1 aromatic heterocycles. The molecule has 0 radical (unpaired) electrons. The van der Waals surface area contributed by atoms with Gasteiger partial charge in [-0.1, -0.05) is 25.4 Å². The number of nitrogens with one attached hydrogen (secondary N) is 1. The largest absolute Gasteiger partial charge is 0.493 e. The summed E-state index contributed by atoms with van der Waals surface area (Å²) >= 11 is 6.29. The van der Waals surface area contributed by atoms with Crippen LogP contribution in [0.15, 0.2) is 49.1 Å². The minimum atomic E-state index is -0.492. The minimum Gasteiger partial charge on any atom is -0.493 e. The van der Waals surface area contributed by atoms with Crippen LogP contribution in [0.25, 0.3) is 5.69 Å². The van der Waals surface area contributed by atoms with Gasteiger partial charge in [0.1, 0.15) is 5.82 Å². The van der Waals surface area contributed by atoms with Gasteiger partial charge in [-0.2, -0.15) is 0 Å². The molecule has 0 fully saturated rings. The summed E-state index contributed by atoms with van der Waals surface area (Å²) in [5.74, 6) is 0.100. The highest BCUT2D eigenvalue weighted by Gasteiger charge is 2.17. The molecule has 0 saturated heterocycles. The summed E-state index contributed by atoms with van der Waals surface area (Å²) in [6, 6.07) is 7.43. The summed E-state index contributed by atoms with van der Waals surface area (Å²) < 4.78 is 26.9. The molecule has 2 aromatic carbocycles. The molecule has 0 bridgehead atoms. The molecule has 1 N–H and O–H groups in total. The Morgan fingerprint density at radius 2 is 2.10 bits per heavy atom. The van der Waals surface area contributed by atoms with Crippen LogP contribution in [-0.2, 0) is 0 Å². The number of amides is 1. The molecule has 8 heteroatoms. The number of aromatic nitrogens is 2. The van der Waals surface area contributed by atoms with Crippen LogP contribution in [0.1, 0.15) is 24.2 Å². The third kappa shape index (κ3) is 4.86.